The summed E-state index contributed by atoms with van der Waals surface area (Å²) in [5.74, 6) is 6.23. The van der Waals surface area contributed by atoms with E-state index in [0.29, 0.717) is 10.8 Å². The van der Waals surface area contributed by atoms with Crippen LogP contribution >= 0.6 is 0 Å². The second kappa shape index (κ2) is 19.2. The molecule has 3 fully saturated rings. The summed E-state index contributed by atoms with van der Waals surface area (Å²) in [7, 11) is 0. The quantitative estimate of drug-likeness (QED) is 0.0692. The molecule has 2 heteroatoms. The van der Waals surface area contributed by atoms with Crippen LogP contribution in [0.3, 0.4) is 0 Å². The molecular formula is C46H82O2. The van der Waals surface area contributed by atoms with Gasteiger partial charge in [0.15, 0.2) is 0 Å². The van der Waals surface area contributed by atoms with Gasteiger partial charge in [0.05, 0.1) is 5.92 Å². The Hall–Kier alpha value is -0.790. The number of esters is 1. The molecular weight excluding hydrogens is 585 g/mol. The van der Waals surface area contributed by atoms with E-state index < -0.39 is 0 Å². The van der Waals surface area contributed by atoms with Gasteiger partial charge in [-0.3, -0.25) is 4.79 Å². The Balaban J connectivity index is 1.13. The van der Waals surface area contributed by atoms with Gasteiger partial charge in [-0.15, -0.1) is 0 Å². The molecule has 0 radical (unpaired) electrons. The van der Waals surface area contributed by atoms with Crippen LogP contribution in [0, 0.1) is 58.2 Å². The van der Waals surface area contributed by atoms with Crippen molar-refractivity contribution < 1.29 is 9.53 Å². The summed E-state index contributed by atoms with van der Waals surface area (Å²) in [4.78, 5) is 13.1. The van der Waals surface area contributed by atoms with Crippen LogP contribution in [0.5, 0.6) is 0 Å². The first-order valence-electron chi connectivity index (χ1n) is 21.9. The summed E-state index contributed by atoms with van der Waals surface area (Å²) in [5.41, 5.74) is 2.52. The highest BCUT2D eigenvalue weighted by Gasteiger charge is 2.59. The monoisotopic (exact) mass is 667 g/mol. The molecule has 0 aromatic rings. The number of carbonyl (C=O) groups is 1. The predicted molar refractivity (Wildman–Crippen MR) is 207 cm³/mol. The Morgan fingerprint density at radius 1 is 0.688 bits per heavy atom. The van der Waals surface area contributed by atoms with Crippen LogP contribution in [0.4, 0.5) is 0 Å². The molecule has 0 saturated heterocycles. The molecule has 0 aromatic carbocycles. The van der Waals surface area contributed by atoms with Crippen molar-refractivity contribution in [3.63, 3.8) is 0 Å². The third-order valence-corrected chi connectivity index (χ3v) is 14.9. The van der Waals surface area contributed by atoms with Gasteiger partial charge >= 0.3 is 5.97 Å². The van der Waals surface area contributed by atoms with E-state index >= 15 is 0 Å². The van der Waals surface area contributed by atoms with E-state index in [9.17, 15) is 4.79 Å². The maximum Gasteiger partial charge on any atom is 0.308 e. The molecule has 4 rings (SSSR count). The van der Waals surface area contributed by atoms with Crippen molar-refractivity contribution in [2.24, 2.45) is 58.2 Å². The Morgan fingerprint density at radius 2 is 1.27 bits per heavy atom. The fourth-order valence-corrected chi connectivity index (χ4v) is 11.7. The molecule has 5 unspecified atom stereocenters. The lowest BCUT2D eigenvalue weighted by Gasteiger charge is -2.58. The minimum absolute atomic E-state index is 0.0396. The number of carbonyl (C=O) groups excluding carboxylic acids is 1. The van der Waals surface area contributed by atoms with Crippen LogP contribution < -0.4 is 0 Å². The zero-order chi connectivity index (χ0) is 34.7. The lowest BCUT2D eigenvalue weighted by Crippen LogP contribution is -2.51. The van der Waals surface area contributed by atoms with Crippen molar-refractivity contribution >= 4 is 5.97 Å². The number of hydrogen-bond donors (Lipinski definition) is 0. The number of hydrogen-bond acceptors (Lipinski definition) is 2. The van der Waals surface area contributed by atoms with Crippen LogP contribution in [-0.4, -0.2) is 12.1 Å². The highest BCUT2D eigenvalue weighted by Crippen LogP contribution is 2.67. The highest BCUT2D eigenvalue weighted by molar-refractivity contribution is 5.72. The maximum atomic E-state index is 13.1. The van der Waals surface area contributed by atoms with Crippen molar-refractivity contribution in [1.29, 1.82) is 0 Å². The Bertz CT molecular complexity index is 979. The molecule has 9 atom stereocenters. The fourth-order valence-electron chi connectivity index (χ4n) is 11.7. The SMILES string of the molecule is CC(C)CCCCCCCCCCCCCC(C)C(=O)OC1CC[C@@]2(C)C(=CCC3C2CC[C@@]2(C)C3CC[C@@H]2[C@H](C)CCCC(C)C)C1. The number of unbranched alkanes of at least 4 members (excludes halogenated alkanes) is 10. The summed E-state index contributed by atoms with van der Waals surface area (Å²) in [6, 6.07) is 0. The van der Waals surface area contributed by atoms with Gasteiger partial charge in [0.1, 0.15) is 6.10 Å². The first-order valence-corrected chi connectivity index (χ1v) is 21.9. The largest absolute Gasteiger partial charge is 0.462 e. The standard InChI is InChI=1S/C46H82O2/c1-34(2)21-18-16-14-12-10-9-11-13-15-17-19-23-37(6)44(47)48-39-29-31-45(7)38(33-39)25-26-40-42-28-27-41(36(5)24-20-22-35(3)4)46(42,8)32-30-43(40)45/h25,34-37,39-43H,9-24,26-33H2,1-8H3/t36-,37?,39?,40?,41-,42?,43?,45+,46-/m1/s1. The van der Waals surface area contributed by atoms with E-state index in [1.165, 1.54) is 135 Å². The molecule has 3 saturated carbocycles. The van der Waals surface area contributed by atoms with Gasteiger partial charge < -0.3 is 4.74 Å². The van der Waals surface area contributed by atoms with Crippen molar-refractivity contribution in [3.8, 4) is 0 Å². The molecule has 278 valence electrons. The van der Waals surface area contributed by atoms with Gasteiger partial charge in [0.2, 0.25) is 0 Å². The lowest BCUT2D eigenvalue weighted by molar-refractivity contribution is -0.156. The van der Waals surface area contributed by atoms with E-state index in [-0.39, 0.29) is 18.0 Å². The number of fused-ring (bicyclic) bond motifs is 5. The van der Waals surface area contributed by atoms with Crippen molar-refractivity contribution in [2.45, 2.75) is 216 Å². The number of rotatable bonds is 21. The van der Waals surface area contributed by atoms with Gasteiger partial charge in [-0.2, -0.15) is 0 Å². The molecule has 0 aliphatic heterocycles. The van der Waals surface area contributed by atoms with E-state index in [2.05, 4.69) is 61.5 Å². The van der Waals surface area contributed by atoms with Gasteiger partial charge in [-0.1, -0.05) is 163 Å². The summed E-state index contributed by atoms with van der Waals surface area (Å²) in [6.45, 7) is 19.4. The predicted octanol–water partition coefficient (Wildman–Crippen LogP) is 14.3. The third-order valence-electron chi connectivity index (χ3n) is 14.9. The zero-order valence-corrected chi connectivity index (χ0v) is 33.6. The molecule has 0 N–H and O–H groups in total. The second-order valence-corrected chi connectivity index (χ2v) is 19.4. The number of ether oxygens (including phenoxy) is 1. The summed E-state index contributed by atoms with van der Waals surface area (Å²) >= 11 is 0. The van der Waals surface area contributed by atoms with Crippen molar-refractivity contribution in [2.75, 3.05) is 0 Å². The normalized spacial score (nSPS) is 32.8. The van der Waals surface area contributed by atoms with Crippen LogP contribution in [-0.2, 0) is 9.53 Å². The average Bonchev–Trinajstić information content (AvgIpc) is 3.40. The van der Waals surface area contributed by atoms with Gasteiger partial charge in [-0.05, 0) is 104 Å². The summed E-state index contributed by atoms with van der Waals surface area (Å²) in [5, 5.41) is 0. The third kappa shape index (κ3) is 10.6. The summed E-state index contributed by atoms with van der Waals surface area (Å²) in [6.07, 6.45) is 34.7. The van der Waals surface area contributed by atoms with Crippen LogP contribution in [0.15, 0.2) is 11.6 Å². The Morgan fingerprint density at radius 3 is 1.90 bits per heavy atom. The molecule has 48 heavy (non-hydrogen) atoms. The van der Waals surface area contributed by atoms with Crippen LogP contribution in [0.1, 0.15) is 209 Å². The molecule has 0 amide bonds. The fraction of sp³-hybridized carbons (Fsp3) is 0.935. The maximum absolute atomic E-state index is 13.1. The van der Waals surface area contributed by atoms with Crippen molar-refractivity contribution in [1.82, 2.24) is 0 Å². The first-order chi connectivity index (χ1) is 23.0. The minimum atomic E-state index is 0.0396. The van der Waals surface area contributed by atoms with Crippen LogP contribution in [0.2, 0.25) is 0 Å². The number of allylic oxidation sites excluding steroid dienone is 1. The summed E-state index contributed by atoms with van der Waals surface area (Å²) < 4.78 is 6.25. The van der Waals surface area contributed by atoms with Crippen molar-refractivity contribution in [3.05, 3.63) is 11.6 Å². The molecule has 4 aliphatic carbocycles. The molecule has 0 spiro atoms. The van der Waals surface area contributed by atoms with Gasteiger partial charge in [0.25, 0.3) is 0 Å². The van der Waals surface area contributed by atoms with E-state index in [1.807, 2.05) is 0 Å². The second-order valence-electron chi connectivity index (χ2n) is 19.4. The zero-order valence-electron chi connectivity index (χ0n) is 33.6. The van der Waals surface area contributed by atoms with Gasteiger partial charge in [0, 0.05) is 6.42 Å². The minimum Gasteiger partial charge on any atom is -0.462 e. The topological polar surface area (TPSA) is 26.3 Å². The lowest BCUT2D eigenvalue weighted by atomic mass is 9.47. The molecule has 0 bridgehead atoms. The van der Waals surface area contributed by atoms with E-state index in [0.717, 1.165) is 60.7 Å². The molecule has 0 heterocycles. The van der Waals surface area contributed by atoms with E-state index in [4.69, 9.17) is 4.74 Å². The first kappa shape index (κ1) is 40.0. The smallest absolute Gasteiger partial charge is 0.308 e. The molecule has 2 nitrogen and oxygen atoms in total. The van der Waals surface area contributed by atoms with E-state index in [1.54, 1.807) is 5.57 Å². The Kier molecular flexibility index (Phi) is 16.0. The van der Waals surface area contributed by atoms with Gasteiger partial charge in [-0.25, -0.2) is 0 Å². The average molecular weight is 667 g/mol. The Labute approximate surface area is 300 Å². The molecule has 4 aliphatic rings. The highest BCUT2D eigenvalue weighted by atomic mass is 16.5. The van der Waals surface area contributed by atoms with Crippen LogP contribution in [0.25, 0.3) is 0 Å². The molecule has 0 aromatic heterocycles.